The Kier molecular flexibility index (Phi) is 3.36. The van der Waals surface area contributed by atoms with Gasteiger partial charge in [0.05, 0.1) is 12.3 Å². The number of imide groups is 1. The normalized spacial score (nSPS) is 23.2. The Labute approximate surface area is 124 Å². The highest BCUT2D eigenvalue weighted by atomic mass is 19.1. The van der Waals surface area contributed by atoms with Gasteiger partial charge in [0, 0.05) is 0 Å². The van der Waals surface area contributed by atoms with E-state index in [9.17, 15) is 18.8 Å². The second-order valence-electron chi connectivity index (χ2n) is 4.69. The average molecular weight is 306 g/mol. The molecule has 0 spiro atoms. The molecular weight excluding hydrogens is 295 g/mol. The first-order valence-corrected chi connectivity index (χ1v) is 6.58. The molecule has 2 heterocycles. The maximum Gasteiger partial charge on any atom is 0.357 e. The van der Waals surface area contributed by atoms with Gasteiger partial charge in [0.25, 0.3) is 5.91 Å². The summed E-state index contributed by atoms with van der Waals surface area (Å²) >= 11 is 0. The van der Waals surface area contributed by atoms with Crippen molar-refractivity contribution in [2.45, 2.75) is 13.0 Å². The minimum Gasteiger partial charge on any atom is -0.461 e. The Balaban J connectivity index is 1.91. The quantitative estimate of drug-likeness (QED) is 0.604. The van der Waals surface area contributed by atoms with Crippen LogP contribution in [0.2, 0.25) is 0 Å². The van der Waals surface area contributed by atoms with E-state index in [1.807, 2.05) is 0 Å². The fourth-order valence-corrected chi connectivity index (χ4v) is 2.40. The molecule has 22 heavy (non-hydrogen) atoms. The van der Waals surface area contributed by atoms with Crippen molar-refractivity contribution in [1.82, 2.24) is 0 Å². The van der Waals surface area contributed by atoms with E-state index in [0.717, 1.165) is 17.0 Å². The first kappa shape index (κ1) is 14.2. The number of amides is 2. The Morgan fingerprint density at radius 3 is 2.64 bits per heavy atom. The maximum atomic E-state index is 13.0. The SMILES string of the molecule is CCOC(=O)C1=NO[C@H]2C(=O)N(c3ccc(F)cc3)C(=O)[C@@H]12. The van der Waals surface area contributed by atoms with Crippen molar-refractivity contribution >= 4 is 29.2 Å². The van der Waals surface area contributed by atoms with Crippen LogP contribution < -0.4 is 4.90 Å². The highest BCUT2D eigenvalue weighted by molar-refractivity contribution is 6.46. The fourth-order valence-electron chi connectivity index (χ4n) is 2.40. The van der Waals surface area contributed by atoms with Crippen LogP contribution in [-0.4, -0.2) is 36.2 Å². The molecule has 2 aliphatic rings. The lowest BCUT2D eigenvalue weighted by Gasteiger charge is -2.14. The van der Waals surface area contributed by atoms with E-state index < -0.39 is 35.6 Å². The zero-order valence-corrected chi connectivity index (χ0v) is 11.5. The van der Waals surface area contributed by atoms with Gasteiger partial charge in [-0.2, -0.15) is 0 Å². The number of benzene rings is 1. The third-order valence-electron chi connectivity index (χ3n) is 3.38. The molecule has 2 atom stereocenters. The summed E-state index contributed by atoms with van der Waals surface area (Å²) in [4.78, 5) is 42.3. The number of esters is 1. The van der Waals surface area contributed by atoms with E-state index in [1.165, 1.54) is 12.1 Å². The van der Waals surface area contributed by atoms with Crippen LogP contribution in [0.1, 0.15) is 6.92 Å². The van der Waals surface area contributed by atoms with Crippen LogP contribution in [0.15, 0.2) is 29.4 Å². The van der Waals surface area contributed by atoms with Crippen LogP contribution in [0.5, 0.6) is 0 Å². The van der Waals surface area contributed by atoms with Gasteiger partial charge in [0.2, 0.25) is 12.0 Å². The monoisotopic (exact) mass is 306 g/mol. The molecule has 0 unspecified atom stereocenters. The van der Waals surface area contributed by atoms with E-state index in [-0.39, 0.29) is 18.0 Å². The fraction of sp³-hybridized carbons (Fsp3) is 0.286. The number of anilines is 1. The lowest BCUT2D eigenvalue weighted by atomic mass is 10.00. The molecule has 0 aromatic heterocycles. The van der Waals surface area contributed by atoms with E-state index >= 15 is 0 Å². The van der Waals surface area contributed by atoms with E-state index in [2.05, 4.69) is 5.16 Å². The zero-order chi connectivity index (χ0) is 15.9. The number of carbonyl (C=O) groups excluding carboxylic acids is 3. The van der Waals surface area contributed by atoms with Crippen molar-refractivity contribution in [2.75, 3.05) is 11.5 Å². The first-order chi connectivity index (χ1) is 10.5. The number of carbonyl (C=O) groups is 3. The number of hydrogen-bond donors (Lipinski definition) is 0. The summed E-state index contributed by atoms with van der Waals surface area (Å²) in [5.74, 6) is -3.71. The number of nitrogens with zero attached hydrogens (tertiary/aromatic N) is 2. The molecular formula is C14H11FN2O5. The zero-order valence-electron chi connectivity index (χ0n) is 11.5. The van der Waals surface area contributed by atoms with Crippen molar-refractivity contribution in [1.29, 1.82) is 0 Å². The number of halogens is 1. The standard InChI is InChI=1S/C14H11FN2O5/c1-2-21-14(20)10-9-11(22-16-10)13(19)17(12(9)18)8-5-3-7(15)4-6-8/h3-6,9,11H,2H2,1H3/t9-,11+/m0/s1. The van der Waals surface area contributed by atoms with Gasteiger partial charge in [-0.1, -0.05) is 5.16 Å². The van der Waals surface area contributed by atoms with Crippen molar-refractivity contribution in [3.05, 3.63) is 30.1 Å². The number of ether oxygens (including phenoxy) is 1. The molecule has 3 rings (SSSR count). The molecule has 1 aromatic carbocycles. The number of rotatable bonds is 3. The van der Waals surface area contributed by atoms with Gasteiger partial charge in [-0.05, 0) is 31.2 Å². The van der Waals surface area contributed by atoms with Crippen LogP contribution in [-0.2, 0) is 24.0 Å². The molecule has 0 aliphatic carbocycles. The van der Waals surface area contributed by atoms with Crippen molar-refractivity contribution in [3.8, 4) is 0 Å². The van der Waals surface area contributed by atoms with Gasteiger partial charge in [-0.25, -0.2) is 14.1 Å². The van der Waals surface area contributed by atoms with Crippen LogP contribution in [0, 0.1) is 11.7 Å². The third-order valence-corrected chi connectivity index (χ3v) is 3.38. The van der Waals surface area contributed by atoms with Gasteiger partial charge < -0.3 is 9.57 Å². The Hall–Kier alpha value is -2.77. The Bertz CT molecular complexity index is 685. The van der Waals surface area contributed by atoms with E-state index in [4.69, 9.17) is 9.57 Å². The molecule has 2 amide bonds. The number of hydrogen-bond acceptors (Lipinski definition) is 6. The second kappa shape index (κ2) is 5.21. The number of fused-ring (bicyclic) bond motifs is 1. The highest BCUT2D eigenvalue weighted by Gasteiger charge is 2.58. The molecule has 0 N–H and O–H groups in total. The second-order valence-corrected chi connectivity index (χ2v) is 4.69. The molecule has 1 fully saturated rings. The third kappa shape index (κ3) is 2.03. The predicted molar refractivity (Wildman–Crippen MR) is 71.3 cm³/mol. The molecule has 8 heteroatoms. The van der Waals surface area contributed by atoms with Crippen LogP contribution in [0.3, 0.4) is 0 Å². The van der Waals surface area contributed by atoms with Crippen LogP contribution in [0.4, 0.5) is 10.1 Å². The molecule has 114 valence electrons. The minimum atomic E-state index is -1.18. The maximum absolute atomic E-state index is 13.0. The summed E-state index contributed by atoms with van der Waals surface area (Å²) in [7, 11) is 0. The largest absolute Gasteiger partial charge is 0.461 e. The smallest absolute Gasteiger partial charge is 0.357 e. The predicted octanol–water partition coefficient (Wildman–Crippen LogP) is 0.633. The van der Waals surface area contributed by atoms with Crippen molar-refractivity contribution < 1.29 is 28.3 Å². The summed E-state index contributed by atoms with van der Waals surface area (Å²) in [6, 6.07) is 4.86. The summed E-state index contributed by atoms with van der Waals surface area (Å²) in [5.41, 5.74) is -0.0209. The topological polar surface area (TPSA) is 85.3 Å². The summed E-state index contributed by atoms with van der Waals surface area (Å²) in [6.45, 7) is 1.72. The lowest BCUT2D eigenvalue weighted by molar-refractivity contribution is -0.136. The first-order valence-electron chi connectivity index (χ1n) is 6.58. The van der Waals surface area contributed by atoms with Gasteiger partial charge in [-0.15, -0.1) is 0 Å². The average Bonchev–Trinajstić information content (AvgIpc) is 3.03. The van der Waals surface area contributed by atoms with Gasteiger partial charge in [0.15, 0.2) is 5.71 Å². The molecule has 1 saturated heterocycles. The van der Waals surface area contributed by atoms with Gasteiger partial charge in [0.1, 0.15) is 11.7 Å². The van der Waals surface area contributed by atoms with Gasteiger partial charge in [-0.3, -0.25) is 9.59 Å². The highest BCUT2D eigenvalue weighted by Crippen LogP contribution is 2.33. The molecule has 7 nitrogen and oxygen atoms in total. The van der Waals surface area contributed by atoms with Crippen LogP contribution >= 0.6 is 0 Å². The summed E-state index contributed by atoms with van der Waals surface area (Å²) in [5, 5.41) is 3.50. The van der Waals surface area contributed by atoms with E-state index in [1.54, 1.807) is 6.92 Å². The molecule has 0 radical (unpaired) electrons. The van der Waals surface area contributed by atoms with Crippen molar-refractivity contribution in [2.24, 2.45) is 11.1 Å². The van der Waals surface area contributed by atoms with Crippen LogP contribution in [0.25, 0.3) is 0 Å². The minimum absolute atomic E-state index is 0.110. The molecule has 0 saturated carbocycles. The molecule has 1 aromatic rings. The number of oxime groups is 1. The molecule has 0 bridgehead atoms. The Morgan fingerprint density at radius 2 is 2.00 bits per heavy atom. The summed E-state index contributed by atoms with van der Waals surface area (Å²) < 4.78 is 17.8. The molecule has 2 aliphatic heterocycles. The van der Waals surface area contributed by atoms with Crippen molar-refractivity contribution in [3.63, 3.8) is 0 Å². The van der Waals surface area contributed by atoms with Gasteiger partial charge >= 0.3 is 5.97 Å². The summed E-state index contributed by atoms with van der Waals surface area (Å²) in [6.07, 6.45) is -1.18. The van der Waals surface area contributed by atoms with E-state index in [0.29, 0.717) is 0 Å². The lowest BCUT2D eigenvalue weighted by Crippen LogP contribution is -2.35. The Morgan fingerprint density at radius 1 is 1.32 bits per heavy atom.